The maximum absolute atomic E-state index is 12.9. The van der Waals surface area contributed by atoms with Crippen LogP contribution >= 0.6 is 11.6 Å². The summed E-state index contributed by atoms with van der Waals surface area (Å²) in [5.41, 5.74) is 2.47. The Hall–Kier alpha value is -2.00. The van der Waals surface area contributed by atoms with E-state index in [9.17, 15) is 25.2 Å². The molecule has 3 aliphatic rings. The highest BCUT2D eigenvalue weighted by Gasteiger charge is 2.44. The number of hydrogen-bond donors (Lipinski definition) is 4. The molecule has 0 aromatic heterocycles. The van der Waals surface area contributed by atoms with Crippen molar-refractivity contribution in [2.75, 3.05) is 6.61 Å². The fraction of sp³-hybridized carbons (Fsp3) is 0.500. The third-order valence-corrected chi connectivity index (χ3v) is 7.72. The van der Waals surface area contributed by atoms with Crippen LogP contribution in [0.25, 0.3) is 0 Å². The number of rotatable bonds is 4. The second-order valence-electron chi connectivity index (χ2n) is 9.70. The Kier molecular flexibility index (Phi) is 6.44. The van der Waals surface area contributed by atoms with E-state index in [1.54, 1.807) is 18.2 Å². The molecule has 1 aliphatic carbocycles. The van der Waals surface area contributed by atoms with Crippen molar-refractivity contribution in [2.24, 2.45) is 0 Å². The predicted molar refractivity (Wildman–Crippen MR) is 124 cm³/mol. The van der Waals surface area contributed by atoms with Gasteiger partial charge in [0.1, 0.15) is 41.9 Å². The molecule has 4 N–H and O–H groups in total. The van der Waals surface area contributed by atoms with Crippen molar-refractivity contribution in [1.29, 1.82) is 0 Å². The smallest absolute Gasteiger partial charge is 0.170 e. The number of halogens is 1. The van der Waals surface area contributed by atoms with E-state index in [1.165, 1.54) is 0 Å². The highest BCUT2D eigenvalue weighted by atomic mass is 35.5. The van der Waals surface area contributed by atoms with Crippen molar-refractivity contribution in [1.82, 2.24) is 0 Å². The van der Waals surface area contributed by atoms with E-state index in [4.69, 9.17) is 21.1 Å². The fourth-order valence-corrected chi connectivity index (χ4v) is 5.64. The standard InChI is InChI=1S/C26H29ClO7/c27-18-5-4-15(25-24(32)23(31)22(30)21(13-28)33-25)11-16(18)9-14-3-6-20-17(10-14)19(29)12-26(34-20)7-1-2-8-26/h3-6,10-11,21-25,28,30-32H,1-2,7-9,12-13H2/t21-,22-,23?,24-,25+/m1/s1. The highest BCUT2D eigenvalue weighted by molar-refractivity contribution is 6.31. The minimum atomic E-state index is -1.45. The summed E-state index contributed by atoms with van der Waals surface area (Å²) in [4.78, 5) is 12.9. The van der Waals surface area contributed by atoms with Crippen LogP contribution in [0.4, 0.5) is 0 Å². The van der Waals surface area contributed by atoms with E-state index in [1.807, 2.05) is 18.2 Å². The molecule has 2 aromatic rings. The van der Waals surface area contributed by atoms with Crippen LogP contribution in [0.3, 0.4) is 0 Å². The predicted octanol–water partition coefficient (Wildman–Crippen LogP) is 2.72. The average Bonchev–Trinajstić information content (AvgIpc) is 3.27. The molecule has 8 heteroatoms. The number of benzene rings is 2. The number of hydrogen-bond acceptors (Lipinski definition) is 7. The van der Waals surface area contributed by atoms with Crippen LogP contribution in [0, 0.1) is 0 Å². The second-order valence-corrected chi connectivity index (χ2v) is 10.1. The average molecular weight is 489 g/mol. The summed E-state index contributed by atoms with van der Waals surface area (Å²) >= 11 is 6.46. The van der Waals surface area contributed by atoms with Crippen LogP contribution in [0.2, 0.25) is 5.02 Å². The van der Waals surface area contributed by atoms with E-state index in [2.05, 4.69) is 0 Å². The molecule has 1 unspecified atom stereocenters. The first-order chi connectivity index (χ1) is 16.3. The summed E-state index contributed by atoms with van der Waals surface area (Å²) < 4.78 is 12.0. The number of ether oxygens (including phenoxy) is 2. The first-order valence-corrected chi connectivity index (χ1v) is 12.1. The number of carbonyl (C=O) groups is 1. The molecule has 1 saturated heterocycles. The first-order valence-electron chi connectivity index (χ1n) is 11.7. The van der Waals surface area contributed by atoms with E-state index >= 15 is 0 Å². The molecule has 0 radical (unpaired) electrons. The van der Waals surface area contributed by atoms with E-state index in [0.29, 0.717) is 34.7 Å². The Morgan fingerprint density at radius 3 is 2.50 bits per heavy atom. The number of aliphatic hydroxyl groups excluding tert-OH is 4. The summed E-state index contributed by atoms with van der Waals surface area (Å²) in [5, 5.41) is 40.6. The van der Waals surface area contributed by atoms with Crippen LogP contribution in [0.5, 0.6) is 5.75 Å². The lowest BCUT2D eigenvalue weighted by Crippen LogP contribution is -2.55. The molecule has 2 heterocycles. The Balaban J connectivity index is 1.39. The van der Waals surface area contributed by atoms with Crippen molar-refractivity contribution in [3.8, 4) is 5.75 Å². The molecule has 1 saturated carbocycles. The molecule has 5 rings (SSSR count). The van der Waals surface area contributed by atoms with Crippen molar-refractivity contribution in [3.05, 3.63) is 63.7 Å². The van der Waals surface area contributed by atoms with Crippen LogP contribution in [-0.2, 0) is 11.2 Å². The van der Waals surface area contributed by atoms with Crippen LogP contribution < -0.4 is 4.74 Å². The molecule has 2 aliphatic heterocycles. The lowest BCUT2D eigenvalue weighted by atomic mass is 9.87. The van der Waals surface area contributed by atoms with Gasteiger partial charge in [0.15, 0.2) is 5.78 Å². The van der Waals surface area contributed by atoms with E-state index in [-0.39, 0.29) is 11.4 Å². The number of fused-ring (bicyclic) bond motifs is 1. The molecule has 34 heavy (non-hydrogen) atoms. The largest absolute Gasteiger partial charge is 0.486 e. The third kappa shape index (κ3) is 4.26. The SMILES string of the molecule is O=C1CC2(CCCC2)Oc2ccc(Cc3cc([C@@H]4O[C@H](CO)[C@@H](O)C(O)[C@H]4O)ccc3Cl)cc21. The van der Waals surface area contributed by atoms with Gasteiger partial charge in [-0.2, -0.15) is 0 Å². The molecule has 2 aromatic carbocycles. The van der Waals surface area contributed by atoms with Gasteiger partial charge in [-0.05, 0) is 67.0 Å². The maximum atomic E-state index is 12.9. The van der Waals surface area contributed by atoms with Gasteiger partial charge in [0.25, 0.3) is 0 Å². The zero-order chi connectivity index (χ0) is 24.0. The minimum Gasteiger partial charge on any atom is -0.486 e. The number of aliphatic hydroxyl groups is 4. The number of Topliss-reactive ketones (excluding diaryl/α,β-unsaturated/α-hetero) is 1. The number of ketones is 1. The van der Waals surface area contributed by atoms with Crippen LogP contribution in [0.15, 0.2) is 36.4 Å². The number of carbonyl (C=O) groups excluding carboxylic acids is 1. The zero-order valence-electron chi connectivity index (χ0n) is 18.7. The van der Waals surface area contributed by atoms with Gasteiger partial charge in [-0.3, -0.25) is 4.79 Å². The molecule has 2 fully saturated rings. The minimum absolute atomic E-state index is 0.103. The summed E-state index contributed by atoms with van der Waals surface area (Å²) in [6, 6.07) is 10.8. The van der Waals surface area contributed by atoms with Gasteiger partial charge in [0.2, 0.25) is 0 Å². The summed E-state index contributed by atoms with van der Waals surface area (Å²) in [7, 11) is 0. The molecule has 0 bridgehead atoms. The monoisotopic (exact) mass is 488 g/mol. The Morgan fingerprint density at radius 1 is 1.00 bits per heavy atom. The maximum Gasteiger partial charge on any atom is 0.170 e. The molecule has 0 amide bonds. The topological polar surface area (TPSA) is 116 Å². The molecular weight excluding hydrogens is 460 g/mol. The molecular formula is C26H29ClO7. The highest BCUT2D eigenvalue weighted by Crippen LogP contribution is 2.43. The van der Waals surface area contributed by atoms with Crippen molar-refractivity contribution >= 4 is 17.4 Å². The fourth-order valence-electron chi connectivity index (χ4n) is 5.45. The van der Waals surface area contributed by atoms with Crippen molar-refractivity contribution < 1.29 is 34.7 Å². The van der Waals surface area contributed by atoms with E-state index < -0.39 is 37.1 Å². The van der Waals surface area contributed by atoms with Gasteiger partial charge in [-0.1, -0.05) is 29.8 Å². The Labute approximate surface area is 202 Å². The lowest BCUT2D eigenvalue weighted by Gasteiger charge is -2.40. The van der Waals surface area contributed by atoms with Gasteiger partial charge in [0, 0.05) is 5.02 Å². The molecule has 1 spiro atoms. The van der Waals surface area contributed by atoms with E-state index in [0.717, 1.165) is 36.8 Å². The molecule has 182 valence electrons. The van der Waals surface area contributed by atoms with Crippen molar-refractivity contribution in [2.45, 2.75) is 74.6 Å². The Bertz CT molecular complexity index is 1080. The van der Waals surface area contributed by atoms with Gasteiger partial charge < -0.3 is 29.9 Å². The second kappa shape index (κ2) is 9.22. The molecule has 7 nitrogen and oxygen atoms in total. The third-order valence-electron chi connectivity index (χ3n) is 7.35. The van der Waals surface area contributed by atoms with Crippen LogP contribution in [0.1, 0.15) is 65.3 Å². The van der Waals surface area contributed by atoms with Crippen molar-refractivity contribution in [3.63, 3.8) is 0 Å². The quantitative estimate of drug-likeness (QED) is 0.523. The zero-order valence-corrected chi connectivity index (χ0v) is 19.4. The van der Waals surface area contributed by atoms with Gasteiger partial charge in [-0.25, -0.2) is 0 Å². The summed E-state index contributed by atoms with van der Waals surface area (Å²) in [6.07, 6.45) is -1.30. The Morgan fingerprint density at radius 2 is 1.76 bits per heavy atom. The normalized spacial score (nSPS) is 30.3. The summed E-state index contributed by atoms with van der Waals surface area (Å²) in [6.45, 7) is -0.492. The van der Waals surface area contributed by atoms with Gasteiger partial charge >= 0.3 is 0 Å². The lowest BCUT2D eigenvalue weighted by molar-refractivity contribution is -0.231. The first kappa shape index (κ1) is 23.7. The molecule has 5 atom stereocenters. The van der Waals surface area contributed by atoms with Gasteiger partial charge in [0.05, 0.1) is 18.6 Å². The summed E-state index contributed by atoms with van der Waals surface area (Å²) in [5.74, 6) is 0.745. The van der Waals surface area contributed by atoms with Crippen LogP contribution in [-0.4, -0.2) is 62.8 Å². The van der Waals surface area contributed by atoms with Gasteiger partial charge in [-0.15, -0.1) is 0 Å².